The molecule has 3 heterocycles. The van der Waals surface area contributed by atoms with E-state index in [2.05, 4.69) is 15.6 Å². The predicted octanol–water partition coefficient (Wildman–Crippen LogP) is 2.95. The van der Waals surface area contributed by atoms with Gasteiger partial charge in [0.1, 0.15) is 18.0 Å². The van der Waals surface area contributed by atoms with Crippen LogP contribution in [0.2, 0.25) is 4.34 Å². The van der Waals surface area contributed by atoms with Crippen LogP contribution in [-0.2, 0) is 14.3 Å². The minimum Gasteiger partial charge on any atom is -0.378 e. The van der Waals surface area contributed by atoms with Crippen LogP contribution in [0, 0.1) is 18.4 Å². The Hall–Kier alpha value is -2.97. The van der Waals surface area contributed by atoms with E-state index in [0.717, 1.165) is 22.6 Å². The van der Waals surface area contributed by atoms with Crippen LogP contribution >= 0.6 is 22.9 Å². The highest BCUT2D eigenvalue weighted by Crippen LogP contribution is 2.28. The molecule has 2 fully saturated rings. The summed E-state index contributed by atoms with van der Waals surface area (Å²) < 4.78 is 11.4. The molecule has 2 aliphatic heterocycles. The van der Waals surface area contributed by atoms with Crippen molar-refractivity contribution in [3.05, 3.63) is 45.1 Å². The number of halogens is 1. The number of carbonyl (C=O) groups excluding carboxylic acids is 2. The molecule has 2 amide bonds. The van der Waals surface area contributed by atoms with Crippen LogP contribution in [-0.4, -0.2) is 56.2 Å². The normalized spacial score (nSPS) is 21.6. The maximum Gasteiger partial charge on any atom is 0.262 e. The summed E-state index contributed by atoms with van der Waals surface area (Å²) in [4.78, 5) is 32.2. The Morgan fingerprint density at radius 2 is 2.12 bits per heavy atom. The molecule has 0 radical (unpaired) electrons. The molecule has 1 aromatic carbocycles. The molecule has 0 unspecified atom stereocenters. The Balaban J connectivity index is 1.51. The fraction of sp³-hybridized carbons (Fsp3) is 0.364. The van der Waals surface area contributed by atoms with Gasteiger partial charge in [-0.05, 0) is 42.8 Å². The number of nitriles is 1. The van der Waals surface area contributed by atoms with Crippen molar-refractivity contribution in [2.24, 2.45) is 4.99 Å². The van der Waals surface area contributed by atoms with Gasteiger partial charge in [0.15, 0.2) is 0 Å². The van der Waals surface area contributed by atoms with E-state index in [1.165, 1.54) is 0 Å². The van der Waals surface area contributed by atoms with Crippen molar-refractivity contribution in [1.82, 2.24) is 5.32 Å². The Labute approximate surface area is 199 Å². The number of rotatable bonds is 5. The second-order valence-electron chi connectivity index (χ2n) is 7.73. The third-order valence-electron chi connectivity index (χ3n) is 5.53. The lowest BCUT2D eigenvalue weighted by molar-refractivity contribution is -0.122. The van der Waals surface area contributed by atoms with Crippen LogP contribution in [0.15, 0.2) is 35.3 Å². The molecule has 4 rings (SSSR count). The fourth-order valence-corrected chi connectivity index (χ4v) is 4.78. The van der Waals surface area contributed by atoms with Gasteiger partial charge in [-0.25, -0.2) is 0 Å². The zero-order valence-electron chi connectivity index (χ0n) is 17.9. The highest BCUT2D eigenvalue weighted by molar-refractivity contribution is 7.18. The molecule has 1 aromatic heterocycles. The molecule has 2 aromatic rings. The van der Waals surface area contributed by atoms with Gasteiger partial charge in [-0.2, -0.15) is 10.3 Å². The number of anilines is 2. The first-order valence-corrected chi connectivity index (χ1v) is 11.5. The third-order valence-corrected chi connectivity index (χ3v) is 6.76. The number of hydrogen-bond acceptors (Lipinski definition) is 7. The summed E-state index contributed by atoms with van der Waals surface area (Å²) in [5.74, 6) is -0.168. The van der Waals surface area contributed by atoms with Gasteiger partial charge in [-0.1, -0.05) is 11.6 Å². The van der Waals surface area contributed by atoms with E-state index in [1.807, 2.05) is 30.1 Å². The molecular weight excluding hydrogens is 466 g/mol. The minimum absolute atomic E-state index is 0.0858. The molecule has 0 bridgehead atoms. The first-order chi connectivity index (χ1) is 15.9. The first kappa shape index (κ1) is 23.2. The summed E-state index contributed by atoms with van der Waals surface area (Å²) in [6.07, 6.45) is 2.18. The SMILES string of the molecule is Cc1cc(NC(=O)[C@@]2(NC(=O)c3ccc(Cl)s3)CCOC2)ccc1N1CCOC/C1=N/C#N. The highest BCUT2D eigenvalue weighted by Gasteiger charge is 2.44. The number of aliphatic imine (C=N–C) groups is 1. The van der Waals surface area contributed by atoms with E-state index in [1.54, 1.807) is 18.2 Å². The number of benzene rings is 1. The summed E-state index contributed by atoms with van der Waals surface area (Å²) >= 11 is 7.09. The van der Waals surface area contributed by atoms with E-state index in [4.69, 9.17) is 26.3 Å². The van der Waals surface area contributed by atoms with Gasteiger partial charge in [-0.15, -0.1) is 11.3 Å². The van der Waals surface area contributed by atoms with E-state index < -0.39 is 5.54 Å². The molecule has 2 aliphatic rings. The quantitative estimate of drug-likeness (QED) is 0.626. The van der Waals surface area contributed by atoms with Crippen molar-refractivity contribution in [3.63, 3.8) is 0 Å². The maximum atomic E-state index is 13.2. The van der Waals surface area contributed by atoms with Crippen molar-refractivity contribution >= 4 is 52.0 Å². The van der Waals surface area contributed by atoms with Crippen LogP contribution in [0.3, 0.4) is 0 Å². The summed E-state index contributed by atoms with van der Waals surface area (Å²) in [6.45, 7) is 3.74. The summed E-state index contributed by atoms with van der Waals surface area (Å²) in [5, 5.41) is 14.7. The van der Waals surface area contributed by atoms with E-state index in [9.17, 15) is 9.59 Å². The van der Waals surface area contributed by atoms with Crippen LogP contribution in [0.25, 0.3) is 0 Å². The van der Waals surface area contributed by atoms with Crippen molar-refractivity contribution in [3.8, 4) is 6.19 Å². The number of hydrogen-bond donors (Lipinski definition) is 2. The zero-order valence-corrected chi connectivity index (χ0v) is 19.5. The molecule has 172 valence electrons. The summed E-state index contributed by atoms with van der Waals surface area (Å²) in [7, 11) is 0. The molecule has 0 aliphatic carbocycles. The average molecular weight is 488 g/mol. The van der Waals surface area contributed by atoms with E-state index in [-0.39, 0.29) is 25.0 Å². The second kappa shape index (κ2) is 9.89. The molecule has 1 atom stereocenters. The van der Waals surface area contributed by atoms with Gasteiger partial charge in [0, 0.05) is 30.9 Å². The molecule has 0 saturated carbocycles. The smallest absolute Gasteiger partial charge is 0.262 e. The Bertz CT molecular complexity index is 1140. The topological polar surface area (TPSA) is 116 Å². The lowest BCUT2D eigenvalue weighted by Crippen LogP contribution is -2.57. The Morgan fingerprint density at radius 1 is 1.27 bits per heavy atom. The van der Waals surface area contributed by atoms with Gasteiger partial charge in [0.25, 0.3) is 11.8 Å². The van der Waals surface area contributed by atoms with Crippen LogP contribution in [0.4, 0.5) is 11.4 Å². The number of morpholine rings is 1. The number of ether oxygens (including phenoxy) is 2. The molecular formula is C22H22ClN5O4S. The summed E-state index contributed by atoms with van der Waals surface area (Å²) in [5.41, 5.74) is 1.20. The van der Waals surface area contributed by atoms with Crippen molar-refractivity contribution in [1.29, 1.82) is 5.26 Å². The maximum absolute atomic E-state index is 13.2. The number of amides is 2. The average Bonchev–Trinajstić information content (AvgIpc) is 3.45. The third kappa shape index (κ3) is 5.02. The number of thiophene rings is 1. The number of amidine groups is 1. The number of nitrogens with one attached hydrogen (secondary N) is 2. The van der Waals surface area contributed by atoms with Crippen molar-refractivity contribution < 1.29 is 19.1 Å². The van der Waals surface area contributed by atoms with Gasteiger partial charge < -0.3 is 25.0 Å². The summed E-state index contributed by atoms with van der Waals surface area (Å²) in [6, 6.07) is 8.76. The number of carbonyl (C=O) groups is 2. The van der Waals surface area contributed by atoms with Crippen LogP contribution in [0.5, 0.6) is 0 Å². The van der Waals surface area contributed by atoms with Crippen LogP contribution in [0.1, 0.15) is 21.7 Å². The molecule has 0 spiro atoms. The molecule has 33 heavy (non-hydrogen) atoms. The molecule has 2 N–H and O–H groups in total. The first-order valence-electron chi connectivity index (χ1n) is 10.3. The monoisotopic (exact) mass is 487 g/mol. The molecule has 2 saturated heterocycles. The highest BCUT2D eigenvalue weighted by atomic mass is 35.5. The molecule has 9 nitrogen and oxygen atoms in total. The van der Waals surface area contributed by atoms with E-state index >= 15 is 0 Å². The van der Waals surface area contributed by atoms with Gasteiger partial charge >= 0.3 is 0 Å². The Morgan fingerprint density at radius 3 is 2.79 bits per heavy atom. The second-order valence-corrected chi connectivity index (χ2v) is 9.45. The van der Waals surface area contributed by atoms with Crippen molar-refractivity contribution in [2.75, 3.05) is 43.2 Å². The lowest BCUT2D eigenvalue weighted by Gasteiger charge is -2.31. The van der Waals surface area contributed by atoms with Gasteiger partial charge in [0.05, 0.1) is 22.4 Å². The largest absolute Gasteiger partial charge is 0.378 e. The minimum atomic E-state index is -1.17. The van der Waals surface area contributed by atoms with E-state index in [0.29, 0.717) is 46.9 Å². The van der Waals surface area contributed by atoms with Gasteiger partial charge in [-0.3, -0.25) is 9.59 Å². The van der Waals surface area contributed by atoms with Crippen molar-refractivity contribution in [2.45, 2.75) is 18.9 Å². The molecule has 11 heteroatoms. The van der Waals surface area contributed by atoms with Crippen LogP contribution < -0.4 is 15.5 Å². The number of aryl methyl sites for hydroxylation is 1. The predicted molar refractivity (Wildman–Crippen MR) is 126 cm³/mol. The Kier molecular flexibility index (Phi) is 6.95. The standard InChI is InChI=1S/C22H22ClN5O4S/c1-14-10-15(2-3-16(14)28-7-9-31-11-19(28)25-13-24)26-21(30)22(6-8-32-12-22)27-20(29)17-4-5-18(23)33-17/h2-5,10H,6-9,11-12H2,1H3,(H,26,30)(H,27,29)/b25-19-/t22-/m1/s1. The number of nitrogens with zero attached hydrogens (tertiary/aromatic N) is 3. The fourth-order valence-electron chi connectivity index (χ4n) is 3.84. The van der Waals surface area contributed by atoms with Gasteiger partial charge in [0.2, 0.25) is 6.19 Å². The lowest BCUT2D eigenvalue weighted by atomic mass is 9.96. The zero-order chi connectivity index (χ0) is 23.4.